The van der Waals surface area contributed by atoms with Crippen molar-refractivity contribution in [3.8, 4) is 46.5 Å². The molecule has 632 valence electrons. The van der Waals surface area contributed by atoms with Crippen molar-refractivity contribution in [1.82, 2.24) is 5.43 Å². The van der Waals surface area contributed by atoms with Gasteiger partial charge < -0.3 is 32.1 Å². The molecular formula is C75H67Cl2F14N15O10S3. The maximum Gasteiger partial charge on any atom is 0.472 e. The number of amides is 3. The zero-order valence-corrected chi connectivity index (χ0v) is 66.4. The molecule has 0 saturated carbocycles. The largest absolute Gasteiger partial charge is 1.00 e. The van der Waals surface area contributed by atoms with Crippen LogP contribution in [0.25, 0.3) is 22.3 Å². The van der Waals surface area contributed by atoms with Crippen LogP contribution in [0, 0.1) is 57.0 Å². The second-order valence-electron chi connectivity index (χ2n) is 23.7. The Bertz CT molecular complexity index is 5550. The van der Waals surface area contributed by atoms with Gasteiger partial charge in [-0.1, -0.05) is 91.0 Å². The summed E-state index contributed by atoms with van der Waals surface area (Å²) in [5.74, 6) is -7.10. The molecule has 3 amide bonds. The van der Waals surface area contributed by atoms with Gasteiger partial charge in [0, 0.05) is 30.1 Å². The highest BCUT2D eigenvalue weighted by atomic mass is 35.5. The molecule has 0 fully saturated rings. The number of hydrazone groups is 3. The molecule has 9 rings (SSSR count). The molecule has 0 aromatic heterocycles. The molecule has 1 heterocycles. The summed E-state index contributed by atoms with van der Waals surface area (Å²) in [7, 11) is -11.4. The first-order chi connectivity index (χ1) is 55.0. The Kier molecular flexibility index (Phi) is 38.1. The fourth-order valence-corrected chi connectivity index (χ4v) is 11.6. The van der Waals surface area contributed by atoms with Crippen LogP contribution in [0.15, 0.2) is 220 Å². The van der Waals surface area contributed by atoms with Gasteiger partial charge in [-0.15, -0.1) is 5.10 Å². The first-order valence-electron chi connectivity index (χ1n) is 33.2. The maximum absolute atomic E-state index is 15.0. The summed E-state index contributed by atoms with van der Waals surface area (Å²) < 4.78 is 251. The molecule has 1 aliphatic rings. The van der Waals surface area contributed by atoms with E-state index in [-0.39, 0.29) is 84.1 Å². The summed E-state index contributed by atoms with van der Waals surface area (Å²) in [5.41, 5.74) is 8.95. The molecule has 0 bridgehead atoms. The van der Waals surface area contributed by atoms with E-state index in [9.17, 15) is 101 Å². The van der Waals surface area contributed by atoms with Gasteiger partial charge >= 0.3 is 46.6 Å². The number of benzene rings is 8. The van der Waals surface area contributed by atoms with E-state index in [0.717, 1.165) is 29.7 Å². The average molecular weight is 1770 g/mol. The van der Waals surface area contributed by atoms with Gasteiger partial charge in [0.05, 0.1) is 116 Å². The summed E-state index contributed by atoms with van der Waals surface area (Å²) in [4.78, 5) is 36.4. The highest BCUT2D eigenvalue weighted by molar-refractivity contribution is 7.91. The van der Waals surface area contributed by atoms with E-state index in [1.54, 1.807) is 41.3 Å². The van der Waals surface area contributed by atoms with Gasteiger partial charge in [0.25, 0.3) is 0 Å². The van der Waals surface area contributed by atoms with Gasteiger partial charge in [0.2, 0.25) is 17.0 Å². The standard InChI is InChI=1S/C25H18F4N4O3S.C16H14FNO3S.C10H8F3N3O3S.C9H5ClF3N3.C9H6F3N3O.C6H15N.ClH/c1-37(35,36)22-8-3-2-7-18(22)16-9-10-20(19(26)12-16)31-24(34)21-13-23(25(27,28)29)32-33(21)17-6-4-5-15(11-17)14-30;1-3-16(19)18-14-9-8-11(10-13(14)17)12-6-4-5-7-15(12)22(2,20)21;1-20(17,18)19-9(10(11,12)13)16-15-8-4-2-3-7(5-8)6-14;10-8(9(11,12)13)16-15-7-3-1-2-6(4-7)5-14;10-9(11,12)8(16)15-14-7-3-1-2-6(4-7)5-13;1-4-7(5-2)6-3;/h2-12,21H,13H2,1H3,(H,31,34);3-10H,1H2,2H3,(H,18,19);2-5,15H,1H3;1-4,15H;1-4,14H,(H,15,16);4-6H2,1-3H3;1H/b;;16-9-;16-8-;;;. The van der Waals surface area contributed by atoms with Crippen molar-refractivity contribution >= 4 is 110 Å². The fourth-order valence-electron chi connectivity index (χ4n) is 9.36. The van der Waals surface area contributed by atoms with Crippen LogP contribution < -0.4 is 54.7 Å². The van der Waals surface area contributed by atoms with Gasteiger partial charge in [-0.2, -0.15) is 92.4 Å². The molecule has 119 heavy (non-hydrogen) atoms. The summed E-state index contributed by atoms with van der Waals surface area (Å²) in [6.45, 7) is 13.8. The number of hydrogen-bond donors (Lipinski definition) is 7. The van der Waals surface area contributed by atoms with Gasteiger partial charge in [0.1, 0.15) is 23.4 Å². The van der Waals surface area contributed by atoms with Crippen molar-refractivity contribution < 1.29 is 123 Å². The number of carbonyl (C=O) groups excluding carboxylic acids is 3. The highest BCUT2D eigenvalue weighted by Crippen LogP contribution is 2.36. The number of nitrogens with one attached hydrogen (secondary N) is 7. The third kappa shape index (κ3) is 33.4. The van der Waals surface area contributed by atoms with Crippen molar-refractivity contribution in [2.45, 2.75) is 67.7 Å². The first-order valence-corrected chi connectivity index (χ1v) is 39.2. The van der Waals surface area contributed by atoms with E-state index in [0.29, 0.717) is 22.9 Å². The molecular weight excluding hydrogens is 1700 g/mol. The number of sulfone groups is 2. The maximum atomic E-state index is 15.0. The van der Waals surface area contributed by atoms with Crippen LogP contribution in [-0.2, 0) is 48.4 Å². The monoisotopic (exact) mass is 1770 g/mol. The number of hydrogen-bond acceptors (Lipinski definition) is 21. The second kappa shape index (κ2) is 45.1. The van der Waals surface area contributed by atoms with Crippen molar-refractivity contribution in [2.75, 3.05) is 70.3 Å². The minimum atomic E-state index is -5.08. The van der Waals surface area contributed by atoms with Crippen molar-refractivity contribution in [2.24, 2.45) is 15.3 Å². The molecule has 44 heteroatoms. The first kappa shape index (κ1) is 100. The summed E-state index contributed by atoms with van der Waals surface area (Å²) in [6, 6.07) is 48.5. The molecule has 0 radical (unpaired) electrons. The van der Waals surface area contributed by atoms with Crippen LogP contribution in [0.3, 0.4) is 0 Å². The number of nitrogens with zero attached hydrogens (tertiary/aromatic N) is 8. The Morgan fingerprint density at radius 1 is 0.563 bits per heavy atom. The van der Waals surface area contributed by atoms with Crippen molar-refractivity contribution in [3.63, 3.8) is 0 Å². The number of rotatable bonds is 19. The topological polar surface area (TPSA) is 375 Å². The second-order valence-corrected chi connectivity index (χ2v) is 29.6. The van der Waals surface area contributed by atoms with Crippen LogP contribution >= 0.6 is 11.6 Å². The predicted molar refractivity (Wildman–Crippen MR) is 413 cm³/mol. The summed E-state index contributed by atoms with van der Waals surface area (Å²) in [6.07, 6.45) is -16.7. The van der Waals surface area contributed by atoms with Crippen LogP contribution in [-0.4, -0.2) is 129 Å². The minimum absolute atomic E-state index is 0. The molecule has 1 atom stereocenters. The Labute approximate surface area is 683 Å². The predicted octanol–water partition coefficient (Wildman–Crippen LogP) is 11.3. The molecule has 0 aliphatic carbocycles. The number of quaternary nitrogens is 1. The molecule has 0 spiro atoms. The van der Waals surface area contributed by atoms with Crippen LogP contribution in [0.5, 0.6) is 0 Å². The minimum Gasteiger partial charge on any atom is -1.00 e. The lowest BCUT2D eigenvalue weighted by Gasteiger charge is -2.23. The molecule has 1 unspecified atom stereocenters. The Balaban J connectivity index is 0.000000391. The zero-order chi connectivity index (χ0) is 88.7. The summed E-state index contributed by atoms with van der Waals surface area (Å²) in [5, 5.41) is 48.1. The van der Waals surface area contributed by atoms with Crippen LogP contribution in [0.4, 0.5) is 95.6 Å². The van der Waals surface area contributed by atoms with E-state index >= 15 is 0 Å². The molecule has 0 saturated heterocycles. The van der Waals surface area contributed by atoms with Crippen LogP contribution in [0.1, 0.15) is 49.4 Å². The van der Waals surface area contributed by atoms with E-state index in [1.165, 1.54) is 171 Å². The number of anilines is 6. The number of halogens is 16. The van der Waals surface area contributed by atoms with Crippen LogP contribution in [0.2, 0.25) is 0 Å². The third-order valence-corrected chi connectivity index (χ3v) is 18.0. The molecule has 8 aromatic carbocycles. The lowest BCUT2D eigenvalue weighted by atomic mass is 10.0. The third-order valence-electron chi connectivity index (χ3n) is 14.9. The molecule has 1 aliphatic heterocycles. The van der Waals surface area contributed by atoms with Gasteiger partial charge in [-0.05, 0) is 147 Å². The van der Waals surface area contributed by atoms with Gasteiger partial charge in [0.15, 0.2) is 19.7 Å². The number of alkyl halides is 12. The summed E-state index contributed by atoms with van der Waals surface area (Å²) >= 11 is 4.88. The van der Waals surface area contributed by atoms with Crippen molar-refractivity contribution in [3.05, 3.63) is 229 Å². The molecule has 8 aromatic rings. The smallest absolute Gasteiger partial charge is 0.472 e. The number of hydrazine groups is 1. The quantitative estimate of drug-likeness (QED) is 0.00987. The lowest BCUT2D eigenvalue weighted by molar-refractivity contribution is -0.894. The number of nitriles is 4. The highest BCUT2D eigenvalue weighted by Gasteiger charge is 2.46. The van der Waals surface area contributed by atoms with E-state index in [1.807, 2.05) is 23.6 Å². The number of carbonyl (C=O) groups is 3. The average Bonchev–Trinajstić information content (AvgIpc) is 1.76. The lowest BCUT2D eigenvalue weighted by Crippen LogP contribution is -3.11. The van der Waals surface area contributed by atoms with E-state index in [2.05, 4.69) is 68.3 Å². The Hall–Kier alpha value is -12.7. The SMILES string of the molecule is C=CC(=O)Nc1ccc(-c2ccccc2S(C)(=O)=O)cc1F.CC[NH+](CC)CC.CS(=O)(=O)O/C(=N\Nc1cccc(C#N)c1)C(F)(F)F.CS(=O)(=O)c1ccccc1-c1ccc(NC(=O)C2CC(C(F)(F)F)=NN2c2cccc(C#N)c2)c(F)c1.N#Cc1cccc(N/N=C(\Cl)C(F)(F)F)c1.N#Cc1cccc(NNC(=O)C(F)(F)F)c1.[Cl-]. The molecule has 25 nitrogen and oxygen atoms in total. The Morgan fingerprint density at radius 2 is 0.975 bits per heavy atom. The fraction of sp³-hybridized carbons (Fsp3) is 0.200. The Morgan fingerprint density at radius 3 is 1.35 bits per heavy atom. The zero-order valence-electron chi connectivity index (χ0n) is 62.4. The van der Waals surface area contributed by atoms with E-state index in [4.69, 9.17) is 32.6 Å². The van der Waals surface area contributed by atoms with Crippen molar-refractivity contribution in [1.29, 1.82) is 21.0 Å². The normalized spacial score (nSPS) is 12.7. The van der Waals surface area contributed by atoms with E-state index < -0.39 is 113 Å². The van der Waals surface area contributed by atoms with Gasteiger partial charge in [-0.25, -0.2) is 25.6 Å². The van der Waals surface area contributed by atoms with Gasteiger partial charge in [-0.3, -0.25) is 41.1 Å². The molecule has 7 N–H and O–H groups in total.